The fourth-order valence-electron chi connectivity index (χ4n) is 2.19. The van der Waals surface area contributed by atoms with Crippen molar-refractivity contribution in [2.45, 2.75) is 53.1 Å². The fraction of sp³-hybridized carbons (Fsp3) is 0.474. The van der Waals surface area contributed by atoms with E-state index in [0.29, 0.717) is 6.61 Å². The lowest BCUT2D eigenvalue weighted by Gasteiger charge is -2.12. The first-order valence-corrected chi connectivity index (χ1v) is 7.92. The predicted octanol–water partition coefficient (Wildman–Crippen LogP) is 4.80. The van der Waals surface area contributed by atoms with Crippen molar-refractivity contribution in [2.75, 3.05) is 6.54 Å². The largest absolute Gasteiger partial charge is 0.493 e. The maximum atomic E-state index is 5.96. The van der Waals surface area contributed by atoms with Crippen molar-refractivity contribution in [3.05, 3.63) is 58.9 Å². The molecule has 0 radical (unpaired) electrons. The van der Waals surface area contributed by atoms with Crippen LogP contribution in [0.1, 0.15) is 49.3 Å². The molecule has 0 aliphatic carbocycles. The van der Waals surface area contributed by atoms with Gasteiger partial charge in [-0.2, -0.15) is 0 Å². The Morgan fingerprint density at radius 2 is 1.90 bits per heavy atom. The number of rotatable bonds is 9. The average molecular weight is 287 g/mol. The molecule has 1 aromatic rings. The van der Waals surface area contributed by atoms with Crippen LogP contribution in [0.25, 0.3) is 0 Å². The van der Waals surface area contributed by atoms with Gasteiger partial charge < -0.3 is 10.5 Å². The number of nitrogens with two attached hydrogens (primary N) is 1. The number of hydrogen-bond acceptors (Lipinski definition) is 2. The van der Waals surface area contributed by atoms with E-state index in [0.717, 1.165) is 38.0 Å². The monoisotopic (exact) mass is 287 g/mol. The SMILES string of the molecule is CC/C(=C\C=C/CCCCN)OCc1c(C)cccc1C. The number of unbranched alkanes of at least 4 members (excludes halogenated alkanes) is 2. The highest BCUT2D eigenvalue weighted by atomic mass is 16.5. The summed E-state index contributed by atoms with van der Waals surface area (Å²) in [6.45, 7) is 7.83. The summed E-state index contributed by atoms with van der Waals surface area (Å²) in [5.41, 5.74) is 9.36. The zero-order valence-corrected chi connectivity index (χ0v) is 13.7. The minimum Gasteiger partial charge on any atom is -0.493 e. The van der Waals surface area contributed by atoms with Crippen LogP contribution in [-0.2, 0) is 11.3 Å². The standard InChI is InChI=1S/C19H29NO/c1-4-18(13-8-6-5-7-9-14-20)21-15-19-16(2)11-10-12-17(19)3/h6,8,10-13H,4-5,7,9,14-15,20H2,1-3H3/b8-6-,18-13+. The third kappa shape index (κ3) is 6.63. The Morgan fingerprint density at radius 1 is 1.19 bits per heavy atom. The molecule has 0 aliphatic heterocycles. The van der Waals surface area contributed by atoms with Crippen molar-refractivity contribution < 1.29 is 4.74 Å². The molecule has 2 N–H and O–H groups in total. The van der Waals surface area contributed by atoms with Gasteiger partial charge in [0.05, 0.1) is 5.76 Å². The molecule has 0 saturated carbocycles. The maximum Gasteiger partial charge on any atom is 0.113 e. The second-order valence-electron chi connectivity index (χ2n) is 5.36. The molecule has 0 unspecified atom stereocenters. The second-order valence-corrected chi connectivity index (χ2v) is 5.36. The number of ether oxygens (including phenoxy) is 1. The molecule has 0 saturated heterocycles. The van der Waals surface area contributed by atoms with Crippen molar-refractivity contribution in [1.82, 2.24) is 0 Å². The summed E-state index contributed by atoms with van der Waals surface area (Å²) in [5.74, 6) is 1.03. The van der Waals surface area contributed by atoms with Gasteiger partial charge in [0.25, 0.3) is 0 Å². The molecule has 0 aromatic heterocycles. The van der Waals surface area contributed by atoms with Gasteiger partial charge >= 0.3 is 0 Å². The van der Waals surface area contributed by atoms with Gasteiger partial charge in [-0.05, 0) is 62.4 Å². The summed E-state index contributed by atoms with van der Waals surface area (Å²) in [4.78, 5) is 0. The summed E-state index contributed by atoms with van der Waals surface area (Å²) in [5, 5.41) is 0. The van der Waals surface area contributed by atoms with Crippen LogP contribution in [0.15, 0.2) is 42.2 Å². The number of benzene rings is 1. The van der Waals surface area contributed by atoms with Gasteiger partial charge in [0.1, 0.15) is 6.61 Å². The Morgan fingerprint density at radius 3 is 2.52 bits per heavy atom. The molecule has 0 amide bonds. The number of hydrogen-bond donors (Lipinski definition) is 1. The highest BCUT2D eigenvalue weighted by Gasteiger charge is 2.03. The molecular weight excluding hydrogens is 258 g/mol. The van der Waals surface area contributed by atoms with Crippen LogP contribution in [0.4, 0.5) is 0 Å². The van der Waals surface area contributed by atoms with E-state index in [-0.39, 0.29) is 0 Å². The highest BCUT2D eigenvalue weighted by molar-refractivity contribution is 5.33. The van der Waals surface area contributed by atoms with Gasteiger partial charge in [-0.25, -0.2) is 0 Å². The normalized spacial score (nSPS) is 12.1. The molecule has 0 heterocycles. The van der Waals surface area contributed by atoms with E-state index in [1.165, 1.54) is 16.7 Å². The zero-order valence-electron chi connectivity index (χ0n) is 13.7. The number of aryl methyl sites for hydroxylation is 2. The molecule has 116 valence electrons. The first kappa shape index (κ1) is 17.5. The van der Waals surface area contributed by atoms with Crippen molar-refractivity contribution in [3.8, 4) is 0 Å². The summed E-state index contributed by atoms with van der Waals surface area (Å²) in [6, 6.07) is 6.37. The van der Waals surface area contributed by atoms with Gasteiger partial charge in [-0.3, -0.25) is 0 Å². The molecule has 0 spiro atoms. The van der Waals surface area contributed by atoms with E-state index in [9.17, 15) is 0 Å². The Hall–Kier alpha value is -1.54. The third-order valence-electron chi connectivity index (χ3n) is 3.64. The minimum absolute atomic E-state index is 0.652. The molecule has 1 aromatic carbocycles. The van der Waals surface area contributed by atoms with Gasteiger partial charge in [-0.1, -0.05) is 37.3 Å². The van der Waals surface area contributed by atoms with Crippen molar-refractivity contribution in [3.63, 3.8) is 0 Å². The average Bonchev–Trinajstić information content (AvgIpc) is 2.48. The van der Waals surface area contributed by atoms with Crippen molar-refractivity contribution in [2.24, 2.45) is 5.73 Å². The molecule has 0 fully saturated rings. The van der Waals surface area contributed by atoms with Crippen LogP contribution < -0.4 is 5.73 Å². The fourth-order valence-corrected chi connectivity index (χ4v) is 2.19. The first-order chi connectivity index (χ1) is 10.2. The van der Waals surface area contributed by atoms with E-state index in [1.54, 1.807) is 0 Å². The van der Waals surface area contributed by atoms with Crippen LogP contribution >= 0.6 is 0 Å². The lowest BCUT2D eigenvalue weighted by molar-refractivity contribution is 0.190. The molecule has 0 atom stereocenters. The third-order valence-corrected chi connectivity index (χ3v) is 3.64. The van der Waals surface area contributed by atoms with Gasteiger partial charge in [0.2, 0.25) is 0 Å². The summed E-state index contributed by atoms with van der Waals surface area (Å²) in [7, 11) is 0. The lowest BCUT2D eigenvalue weighted by atomic mass is 10.0. The van der Waals surface area contributed by atoms with E-state index in [2.05, 4.69) is 57.2 Å². The Kier molecular flexibility index (Phi) is 8.53. The molecular formula is C19H29NO. The van der Waals surface area contributed by atoms with Crippen molar-refractivity contribution >= 4 is 0 Å². The van der Waals surface area contributed by atoms with E-state index in [4.69, 9.17) is 10.5 Å². The van der Waals surface area contributed by atoms with E-state index < -0.39 is 0 Å². The molecule has 0 bridgehead atoms. The van der Waals surface area contributed by atoms with Gasteiger partial charge in [0.15, 0.2) is 0 Å². The molecule has 1 rings (SSSR count). The molecule has 2 heteroatoms. The quantitative estimate of drug-likeness (QED) is 0.402. The van der Waals surface area contributed by atoms with Gasteiger partial charge in [0, 0.05) is 6.42 Å². The summed E-state index contributed by atoms with van der Waals surface area (Å²) in [6.07, 6.45) is 10.6. The Balaban J connectivity index is 2.50. The lowest BCUT2D eigenvalue weighted by Crippen LogP contribution is -1.98. The summed E-state index contributed by atoms with van der Waals surface area (Å²) < 4.78 is 5.96. The topological polar surface area (TPSA) is 35.2 Å². The predicted molar refractivity (Wildman–Crippen MR) is 91.1 cm³/mol. The number of allylic oxidation sites excluding steroid dienone is 4. The minimum atomic E-state index is 0.652. The Bertz CT molecular complexity index is 454. The van der Waals surface area contributed by atoms with Crippen molar-refractivity contribution in [1.29, 1.82) is 0 Å². The molecule has 21 heavy (non-hydrogen) atoms. The molecule has 2 nitrogen and oxygen atoms in total. The highest BCUT2D eigenvalue weighted by Crippen LogP contribution is 2.17. The van der Waals surface area contributed by atoms with E-state index >= 15 is 0 Å². The van der Waals surface area contributed by atoms with Gasteiger partial charge in [-0.15, -0.1) is 0 Å². The smallest absolute Gasteiger partial charge is 0.113 e. The Labute approximate surface area is 129 Å². The maximum absolute atomic E-state index is 5.96. The molecule has 0 aliphatic rings. The zero-order chi connectivity index (χ0) is 15.5. The van der Waals surface area contributed by atoms with Crippen LogP contribution in [0.2, 0.25) is 0 Å². The second kappa shape index (κ2) is 10.2. The van der Waals surface area contributed by atoms with E-state index in [1.807, 2.05) is 0 Å². The van der Waals surface area contributed by atoms with Crippen LogP contribution in [-0.4, -0.2) is 6.54 Å². The summed E-state index contributed by atoms with van der Waals surface area (Å²) >= 11 is 0. The van der Waals surface area contributed by atoms with Crippen LogP contribution in [0, 0.1) is 13.8 Å². The van der Waals surface area contributed by atoms with Crippen LogP contribution in [0.5, 0.6) is 0 Å². The first-order valence-electron chi connectivity index (χ1n) is 7.92. The van der Waals surface area contributed by atoms with Crippen LogP contribution in [0.3, 0.4) is 0 Å².